The summed E-state index contributed by atoms with van der Waals surface area (Å²) in [5, 5.41) is 17.8. The van der Waals surface area contributed by atoms with Gasteiger partial charge in [0.15, 0.2) is 0 Å². The number of nitrogens with one attached hydrogen (secondary N) is 2. The van der Waals surface area contributed by atoms with Gasteiger partial charge in [-0.05, 0) is 46.2 Å². The summed E-state index contributed by atoms with van der Waals surface area (Å²) in [6, 6.07) is 32.1. The van der Waals surface area contributed by atoms with Crippen LogP contribution in [0.25, 0.3) is 10.8 Å². The fourth-order valence-electron chi connectivity index (χ4n) is 4.83. The standard InChI is InChI=1S/C34H27Cl2N3O4.Li.2H2O/c35-27-16-9-17-28(36)31(27)38-34(43)37-29-20-25-15-8-7-14-24(25)19-26(29)32(40)39(21-23-12-5-2-6-13-23)30(33(41)42)18-22-10-3-1-4-11-22;;;/h1-17,19-20,30H,18,21H2,(H,41,42)(H2,37,38,43);;2*1H2/q;+1;;/p-1/t30-;;;/m0.../s1. The Labute approximate surface area is 287 Å². The Morgan fingerprint density at radius 2 is 1.24 bits per heavy atom. The monoisotopic (exact) mass is 653 g/mol. The van der Waals surface area contributed by atoms with Crippen LogP contribution in [0.4, 0.5) is 16.2 Å². The van der Waals surface area contributed by atoms with E-state index in [0.29, 0.717) is 0 Å². The molecule has 0 saturated heterocycles. The van der Waals surface area contributed by atoms with Crippen LogP contribution in [-0.4, -0.2) is 44.9 Å². The molecule has 46 heavy (non-hydrogen) atoms. The molecule has 0 saturated carbocycles. The van der Waals surface area contributed by atoms with E-state index in [1.165, 1.54) is 4.90 Å². The minimum atomic E-state index is -1.19. The third-order valence-corrected chi connectivity index (χ3v) is 7.59. The Balaban J connectivity index is 0.00000245. The molecule has 12 heteroatoms. The number of anilines is 2. The Kier molecular flexibility index (Phi) is 14.3. The predicted molar refractivity (Wildman–Crippen MR) is 176 cm³/mol. The minimum absolute atomic E-state index is 0. The zero-order chi connectivity index (χ0) is 30.3. The number of carboxylic acid groups (broad SMARTS) is 1. The molecule has 3 amide bonds. The van der Waals surface area contributed by atoms with E-state index in [-0.39, 0.29) is 69.8 Å². The Bertz CT molecular complexity index is 1770. The molecule has 5 rings (SSSR count). The Hall–Kier alpha value is -4.33. The van der Waals surface area contributed by atoms with Crippen molar-refractivity contribution in [2.24, 2.45) is 0 Å². The number of aliphatic carboxylic acids is 1. The van der Waals surface area contributed by atoms with Gasteiger partial charge in [-0.25, -0.2) is 9.59 Å². The molecule has 0 bridgehead atoms. The number of carbonyl (C=O) groups is 3. The third-order valence-electron chi connectivity index (χ3n) is 6.96. The number of benzene rings is 5. The predicted octanol–water partition coefficient (Wildman–Crippen LogP) is 4.13. The molecule has 0 radical (unpaired) electrons. The summed E-state index contributed by atoms with van der Waals surface area (Å²) >= 11 is 12.5. The van der Waals surface area contributed by atoms with Crippen LogP contribution in [-0.2, 0) is 17.8 Å². The summed E-state index contributed by atoms with van der Waals surface area (Å²) in [5.74, 6) is -1.70. The molecule has 0 fully saturated rings. The summed E-state index contributed by atoms with van der Waals surface area (Å²) in [5.41, 5.74) is 2.09. The van der Waals surface area contributed by atoms with E-state index in [0.717, 1.165) is 21.9 Å². The molecule has 0 heterocycles. The average Bonchev–Trinajstić information content (AvgIpc) is 3.01. The van der Waals surface area contributed by atoms with Gasteiger partial charge in [-0.15, -0.1) is 0 Å². The maximum Gasteiger partial charge on any atom is 1.00 e. The van der Waals surface area contributed by atoms with Crippen molar-refractivity contribution in [2.45, 2.75) is 19.0 Å². The number of urea groups is 1. The number of nitrogens with zero attached hydrogens (tertiary/aromatic N) is 1. The molecule has 0 aromatic heterocycles. The molecule has 0 spiro atoms. The fraction of sp³-hybridized carbons (Fsp3) is 0.0882. The zero-order valence-electron chi connectivity index (χ0n) is 24.8. The second-order valence-corrected chi connectivity index (χ2v) is 10.7. The molecule has 5 aromatic rings. The van der Waals surface area contributed by atoms with Crippen molar-refractivity contribution in [3.05, 3.63) is 142 Å². The number of rotatable bonds is 9. The molecular weight excluding hydrogens is 624 g/mol. The van der Waals surface area contributed by atoms with Gasteiger partial charge in [0.05, 0.1) is 27.0 Å². The normalized spacial score (nSPS) is 10.7. The average molecular weight is 654 g/mol. The van der Waals surface area contributed by atoms with Crippen molar-refractivity contribution in [1.29, 1.82) is 0 Å². The number of fused-ring (bicyclic) bond motifs is 1. The number of para-hydroxylation sites is 1. The molecule has 1 atom stereocenters. The van der Waals surface area contributed by atoms with Gasteiger partial charge in [0, 0.05) is 13.0 Å². The van der Waals surface area contributed by atoms with Crippen LogP contribution in [0.5, 0.6) is 0 Å². The molecule has 5 aromatic carbocycles. The molecule has 0 unspecified atom stereocenters. The SMILES string of the molecule is O.O=C(Nc1cc2ccccc2cc1C(=O)N(Cc1ccccc1)[C@@H](Cc1ccccc1)C(=O)O)Nc1c(Cl)cccc1Cl.[Li+].[OH-]. The Morgan fingerprint density at radius 1 is 0.717 bits per heavy atom. The van der Waals surface area contributed by atoms with Gasteiger partial charge in [0.2, 0.25) is 0 Å². The van der Waals surface area contributed by atoms with Crippen LogP contribution in [0.2, 0.25) is 10.0 Å². The van der Waals surface area contributed by atoms with Crippen molar-refractivity contribution in [3.63, 3.8) is 0 Å². The number of halogens is 2. The van der Waals surface area contributed by atoms with Gasteiger partial charge in [-0.1, -0.05) is 114 Å². The zero-order valence-corrected chi connectivity index (χ0v) is 26.3. The number of hydrogen-bond donors (Lipinski definition) is 3. The maximum absolute atomic E-state index is 14.4. The van der Waals surface area contributed by atoms with Crippen LogP contribution in [0.3, 0.4) is 0 Å². The second-order valence-electron chi connectivity index (χ2n) is 9.88. The van der Waals surface area contributed by atoms with E-state index in [9.17, 15) is 19.5 Å². The van der Waals surface area contributed by atoms with Crippen LogP contribution in [0, 0.1) is 0 Å². The first-order valence-corrected chi connectivity index (χ1v) is 14.2. The van der Waals surface area contributed by atoms with Crippen molar-refractivity contribution < 1.29 is 49.3 Å². The maximum atomic E-state index is 14.4. The number of hydrogen-bond acceptors (Lipinski definition) is 4. The van der Waals surface area contributed by atoms with E-state index in [4.69, 9.17) is 23.2 Å². The molecule has 0 aliphatic carbocycles. The van der Waals surface area contributed by atoms with Crippen molar-refractivity contribution in [2.75, 3.05) is 10.6 Å². The van der Waals surface area contributed by atoms with Crippen LogP contribution < -0.4 is 29.5 Å². The number of amides is 3. The van der Waals surface area contributed by atoms with Gasteiger partial charge < -0.3 is 31.6 Å². The van der Waals surface area contributed by atoms with Gasteiger partial charge in [0.25, 0.3) is 5.91 Å². The van der Waals surface area contributed by atoms with Crippen LogP contribution >= 0.6 is 23.2 Å². The molecular formula is C34H30Cl2LiN3O6. The van der Waals surface area contributed by atoms with Crippen LogP contribution in [0.1, 0.15) is 21.5 Å². The minimum Gasteiger partial charge on any atom is -0.870 e. The van der Waals surface area contributed by atoms with Gasteiger partial charge in [-0.2, -0.15) is 0 Å². The molecule has 0 aliphatic rings. The molecule has 0 aliphatic heterocycles. The first-order valence-electron chi connectivity index (χ1n) is 13.5. The van der Waals surface area contributed by atoms with Crippen molar-refractivity contribution in [1.82, 2.24) is 4.90 Å². The molecule has 9 nitrogen and oxygen atoms in total. The summed E-state index contributed by atoms with van der Waals surface area (Å²) in [6.07, 6.45) is 0.0938. The summed E-state index contributed by atoms with van der Waals surface area (Å²) < 4.78 is 0. The topological polar surface area (TPSA) is 160 Å². The van der Waals surface area contributed by atoms with Crippen molar-refractivity contribution in [3.8, 4) is 0 Å². The first kappa shape index (κ1) is 37.9. The van der Waals surface area contributed by atoms with E-state index in [1.54, 1.807) is 30.3 Å². The largest absolute Gasteiger partial charge is 1.00 e. The second kappa shape index (κ2) is 17.4. The smallest absolute Gasteiger partial charge is 0.870 e. The van der Waals surface area contributed by atoms with Gasteiger partial charge >= 0.3 is 30.9 Å². The number of carbonyl (C=O) groups excluding carboxylic acids is 2. The van der Waals surface area contributed by atoms with E-state index in [1.807, 2.05) is 84.9 Å². The first-order chi connectivity index (χ1) is 20.8. The van der Waals surface area contributed by atoms with E-state index < -0.39 is 23.9 Å². The molecule has 232 valence electrons. The summed E-state index contributed by atoms with van der Waals surface area (Å²) in [7, 11) is 0. The third kappa shape index (κ3) is 9.11. The summed E-state index contributed by atoms with van der Waals surface area (Å²) in [6.45, 7) is 0.0389. The summed E-state index contributed by atoms with van der Waals surface area (Å²) in [4.78, 5) is 41.7. The molecule has 6 N–H and O–H groups in total. The number of carboxylic acids is 1. The Morgan fingerprint density at radius 3 is 1.80 bits per heavy atom. The fourth-order valence-corrected chi connectivity index (χ4v) is 5.32. The van der Waals surface area contributed by atoms with E-state index in [2.05, 4.69) is 10.6 Å². The van der Waals surface area contributed by atoms with Crippen LogP contribution in [0.15, 0.2) is 115 Å². The van der Waals surface area contributed by atoms with Gasteiger partial charge in [0.1, 0.15) is 6.04 Å². The van der Waals surface area contributed by atoms with Gasteiger partial charge in [-0.3, -0.25) is 4.79 Å². The quantitative estimate of drug-likeness (QED) is 0.204. The van der Waals surface area contributed by atoms with E-state index >= 15 is 0 Å². The van der Waals surface area contributed by atoms with Crippen molar-refractivity contribution >= 4 is 63.3 Å².